The second-order valence-corrected chi connectivity index (χ2v) is 5.26. The average Bonchev–Trinajstić information content (AvgIpc) is 2.45. The molecule has 3 N–H and O–H groups in total. The summed E-state index contributed by atoms with van der Waals surface area (Å²) in [6.07, 6.45) is 0. The van der Waals surface area contributed by atoms with Crippen molar-refractivity contribution in [1.82, 2.24) is 15.3 Å². The van der Waals surface area contributed by atoms with Crippen molar-refractivity contribution < 1.29 is 14.7 Å². The molecule has 2 aromatic heterocycles. The number of aromatic amines is 1. The smallest absolute Gasteiger partial charge is 0.337 e. The van der Waals surface area contributed by atoms with Gasteiger partial charge in [-0.15, -0.1) is 0 Å². The number of rotatable bonds is 4. The summed E-state index contributed by atoms with van der Waals surface area (Å²) in [7, 11) is 0. The van der Waals surface area contributed by atoms with Crippen LogP contribution in [-0.2, 0) is 6.54 Å². The van der Waals surface area contributed by atoms with E-state index in [1.165, 1.54) is 19.1 Å². The number of hydrogen-bond acceptors (Lipinski definition) is 4. The van der Waals surface area contributed by atoms with Gasteiger partial charge in [0.2, 0.25) is 0 Å². The number of carbonyl (C=O) groups is 2. The zero-order valence-corrected chi connectivity index (χ0v) is 13.1. The van der Waals surface area contributed by atoms with E-state index in [4.69, 9.17) is 5.11 Å². The Morgan fingerprint density at radius 1 is 1.26 bits per heavy atom. The summed E-state index contributed by atoms with van der Waals surface area (Å²) in [5.41, 5.74) is 2.19. The van der Waals surface area contributed by atoms with Crippen molar-refractivity contribution in [1.29, 1.82) is 0 Å². The van der Waals surface area contributed by atoms with Crippen molar-refractivity contribution in [2.45, 2.75) is 27.3 Å². The van der Waals surface area contributed by atoms with Gasteiger partial charge in [0.1, 0.15) is 5.69 Å². The number of pyridine rings is 2. The molecule has 7 nitrogen and oxygen atoms in total. The van der Waals surface area contributed by atoms with Crippen molar-refractivity contribution in [3.8, 4) is 0 Å². The Bertz CT molecular complexity index is 840. The lowest BCUT2D eigenvalue weighted by Crippen LogP contribution is -2.28. The maximum Gasteiger partial charge on any atom is 0.337 e. The van der Waals surface area contributed by atoms with E-state index in [0.29, 0.717) is 5.56 Å². The van der Waals surface area contributed by atoms with Crippen molar-refractivity contribution in [2.24, 2.45) is 0 Å². The van der Waals surface area contributed by atoms with Crippen LogP contribution in [0.15, 0.2) is 23.0 Å². The highest BCUT2D eigenvalue weighted by Crippen LogP contribution is 2.08. The molecule has 0 aliphatic carbocycles. The first-order valence-corrected chi connectivity index (χ1v) is 6.98. The number of aromatic nitrogens is 2. The third-order valence-electron chi connectivity index (χ3n) is 3.47. The van der Waals surface area contributed by atoms with Crippen molar-refractivity contribution >= 4 is 11.9 Å². The molecule has 0 unspecified atom stereocenters. The molecule has 2 heterocycles. The molecule has 0 bridgehead atoms. The molecule has 0 fully saturated rings. The highest BCUT2D eigenvalue weighted by atomic mass is 16.4. The lowest BCUT2D eigenvalue weighted by molar-refractivity contribution is 0.0694. The molecule has 0 aliphatic rings. The third-order valence-corrected chi connectivity index (χ3v) is 3.47. The van der Waals surface area contributed by atoms with Crippen molar-refractivity contribution in [3.05, 3.63) is 62.3 Å². The minimum atomic E-state index is -1.09. The fourth-order valence-electron chi connectivity index (χ4n) is 2.27. The maximum absolute atomic E-state index is 12.1. The SMILES string of the molecule is Cc1cc(C)c(CNC(=O)c2ccc(C(=O)O)c(C)n2)c(=O)[nH]1. The number of hydrogen-bond donors (Lipinski definition) is 3. The van der Waals surface area contributed by atoms with Crippen LogP contribution >= 0.6 is 0 Å². The van der Waals surface area contributed by atoms with E-state index in [2.05, 4.69) is 15.3 Å². The third kappa shape index (κ3) is 3.63. The van der Waals surface area contributed by atoms with E-state index in [-0.39, 0.29) is 29.1 Å². The van der Waals surface area contributed by atoms with Crippen LogP contribution in [0.25, 0.3) is 0 Å². The zero-order valence-electron chi connectivity index (χ0n) is 13.1. The largest absolute Gasteiger partial charge is 0.478 e. The number of aryl methyl sites for hydroxylation is 3. The molecule has 0 aliphatic heterocycles. The number of carboxylic acid groups (broad SMARTS) is 1. The van der Waals surface area contributed by atoms with E-state index in [9.17, 15) is 14.4 Å². The molecular formula is C16H17N3O4. The number of carboxylic acids is 1. The molecule has 0 atom stereocenters. The van der Waals surface area contributed by atoms with Crippen molar-refractivity contribution in [2.75, 3.05) is 0 Å². The second-order valence-electron chi connectivity index (χ2n) is 5.26. The standard InChI is InChI=1S/C16H17N3O4/c1-8-6-9(2)18-14(20)12(8)7-17-15(21)13-5-4-11(16(22)23)10(3)19-13/h4-6H,7H2,1-3H3,(H,17,21)(H,18,20)(H,22,23). The molecule has 120 valence electrons. The molecule has 0 aromatic carbocycles. The highest BCUT2D eigenvalue weighted by Gasteiger charge is 2.14. The number of aromatic carboxylic acids is 1. The van der Waals surface area contributed by atoms with Gasteiger partial charge in [-0.3, -0.25) is 9.59 Å². The number of H-pyrrole nitrogens is 1. The van der Waals surface area contributed by atoms with Crippen LogP contribution < -0.4 is 10.9 Å². The van der Waals surface area contributed by atoms with Gasteiger partial charge in [-0.1, -0.05) is 0 Å². The molecule has 23 heavy (non-hydrogen) atoms. The Hall–Kier alpha value is -2.96. The number of carbonyl (C=O) groups excluding carboxylic acids is 1. The van der Waals surface area contributed by atoms with Crippen LogP contribution in [0.5, 0.6) is 0 Å². The molecule has 2 aromatic rings. The molecule has 0 radical (unpaired) electrons. The van der Waals surface area contributed by atoms with Crippen LogP contribution in [-0.4, -0.2) is 27.0 Å². The summed E-state index contributed by atoms with van der Waals surface area (Å²) in [6, 6.07) is 4.51. The molecule has 2 rings (SSSR count). The Morgan fingerprint density at radius 2 is 1.96 bits per heavy atom. The van der Waals surface area contributed by atoms with Gasteiger partial charge < -0.3 is 15.4 Å². The monoisotopic (exact) mass is 315 g/mol. The Labute approximate surface area is 132 Å². The van der Waals surface area contributed by atoms with Crippen LogP contribution in [0.2, 0.25) is 0 Å². The predicted molar refractivity (Wildman–Crippen MR) is 83.6 cm³/mol. The normalized spacial score (nSPS) is 10.4. The van der Waals surface area contributed by atoms with E-state index in [1.54, 1.807) is 13.8 Å². The average molecular weight is 315 g/mol. The highest BCUT2D eigenvalue weighted by molar-refractivity contribution is 5.94. The molecular weight excluding hydrogens is 298 g/mol. The van der Waals surface area contributed by atoms with Crippen LogP contribution in [0.4, 0.5) is 0 Å². The topological polar surface area (TPSA) is 112 Å². The molecule has 0 spiro atoms. The lowest BCUT2D eigenvalue weighted by atomic mass is 10.1. The molecule has 0 saturated carbocycles. The van der Waals surface area contributed by atoms with Gasteiger partial charge in [-0.25, -0.2) is 9.78 Å². The fraction of sp³-hybridized carbons (Fsp3) is 0.250. The Morgan fingerprint density at radius 3 is 2.52 bits per heavy atom. The summed E-state index contributed by atoms with van der Waals surface area (Å²) < 4.78 is 0. The summed E-state index contributed by atoms with van der Waals surface area (Å²) in [6.45, 7) is 5.18. The van der Waals surface area contributed by atoms with Gasteiger partial charge >= 0.3 is 5.97 Å². The Balaban J connectivity index is 2.16. The van der Waals surface area contributed by atoms with Crippen molar-refractivity contribution in [3.63, 3.8) is 0 Å². The maximum atomic E-state index is 12.1. The van der Waals surface area contributed by atoms with E-state index < -0.39 is 11.9 Å². The molecule has 7 heteroatoms. The van der Waals surface area contributed by atoms with E-state index in [0.717, 1.165) is 11.3 Å². The number of amides is 1. The summed E-state index contributed by atoms with van der Waals surface area (Å²) in [5, 5.41) is 11.6. The fourth-order valence-corrected chi connectivity index (χ4v) is 2.27. The van der Waals surface area contributed by atoms with Gasteiger partial charge in [0.15, 0.2) is 0 Å². The summed E-state index contributed by atoms with van der Waals surface area (Å²) in [4.78, 5) is 41.6. The lowest BCUT2D eigenvalue weighted by Gasteiger charge is -2.09. The number of nitrogens with zero attached hydrogens (tertiary/aromatic N) is 1. The van der Waals surface area contributed by atoms with Gasteiger partial charge in [0.05, 0.1) is 11.3 Å². The number of nitrogens with one attached hydrogen (secondary N) is 2. The van der Waals surface area contributed by atoms with E-state index >= 15 is 0 Å². The quantitative estimate of drug-likeness (QED) is 0.788. The van der Waals surface area contributed by atoms with E-state index in [1.807, 2.05) is 6.07 Å². The van der Waals surface area contributed by atoms with Crippen LogP contribution in [0.1, 0.15) is 43.4 Å². The van der Waals surface area contributed by atoms with Gasteiger partial charge in [-0.05, 0) is 44.5 Å². The van der Waals surface area contributed by atoms with Gasteiger partial charge in [-0.2, -0.15) is 0 Å². The predicted octanol–water partition coefficient (Wildman–Crippen LogP) is 1.32. The van der Waals surface area contributed by atoms with Gasteiger partial charge in [0, 0.05) is 17.8 Å². The minimum Gasteiger partial charge on any atom is -0.478 e. The second kappa shape index (κ2) is 6.43. The zero-order chi connectivity index (χ0) is 17.1. The minimum absolute atomic E-state index is 0.0485. The first kappa shape index (κ1) is 16.4. The molecule has 1 amide bonds. The summed E-state index contributed by atoms with van der Waals surface area (Å²) in [5.74, 6) is -1.56. The molecule has 0 saturated heterocycles. The Kier molecular flexibility index (Phi) is 4.59. The first-order valence-electron chi connectivity index (χ1n) is 6.98. The van der Waals surface area contributed by atoms with Crippen LogP contribution in [0.3, 0.4) is 0 Å². The van der Waals surface area contributed by atoms with Crippen LogP contribution in [0, 0.1) is 20.8 Å². The summed E-state index contributed by atoms with van der Waals surface area (Å²) >= 11 is 0. The first-order chi connectivity index (χ1) is 10.8. The van der Waals surface area contributed by atoms with Gasteiger partial charge in [0.25, 0.3) is 11.5 Å².